The zero-order valence-corrected chi connectivity index (χ0v) is 24.6. The largest absolute Gasteiger partial charge is 0.456 e. The van der Waals surface area contributed by atoms with Crippen molar-refractivity contribution < 1.29 is 4.42 Å². The van der Waals surface area contributed by atoms with Gasteiger partial charge in [-0.1, -0.05) is 91.0 Å². The molecule has 0 aliphatic rings. The van der Waals surface area contributed by atoms with Crippen LogP contribution in [0.25, 0.3) is 94.1 Å². The van der Waals surface area contributed by atoms with Crippen LogP contribution >= 0.6 is 0 Å². The van der Waals surface area contributed by atoms with Gasteiger partial charge in [-0.25, -0.2) is 15.0 Å². The van der Waals surface area contributed by atoms with Gasteiger partial charge in [0.15, 0.2) is 5.82 Å². The van der Waals surface area contributed by atoms with E-state index in [-0.39, 0.29) is 0 Å². The van der Waals surface area contributed by atoms with Gasteiger partial charge in [-0.2, -0.15) is 0 Å². The van der Waals surface area contributed by atoms with Crippen molar-refractivity contribution in [3.05, 3.63) is 146 Å². The smallest absolute Gasteiger partial charge is 0.160 e. The molecule has 0 atom stereocenters. The molecule has 0 fully saturated rings. The number of pyridine rings is 1. The number of hydrogen-bond donors (Lipinski definition) is 0. The van der Waals surface area contributed by atoms with Crippen molar-refractivity contribution in [3.8, 4) is 33.9 Å². The summed E-state index contributed by atoms with van der Waals surface area (Å²) in [6, 6.07) is 48.1. The zero-order chi connectivity index (χ0) is 30.2. The SMILES string of the molecule is c1ccc(-c2cc(-c3ccc4oc5ccccc5c4c3)nc(-c3ccc4c(c3)c3ccccc3c3nc5ccccn5c43)n2)cc1. The molecule has 0 bridgehead atoms. The van der Waals surface area contributed by atoms with E-state index in [0.29, 0.717) is 5.82 Å². The van der Waals surface area contributed by atoms with Crippen LogP contribution in [0.5, 0.6) is 0 Å². The zero-order valence-electron chi connectivity index (χ0n) is 24.6. The Morgan fingerprint density at radius 1 is 0.435 bits per heavy atom. The van der Waals surface area contributed by atoms with Gasteiger partial charge in [-0.15, -0.1) is 0 Å². The Balaban J connectivity index is 1.23. The lowest BCUT2D eigenvalue weighted by Crippen LogP contribution is -1.96. The Labute approximate surface area is 263 Å². The Morgan fingerprint density at radius 2 is 1.13 bits per heavy atom. The van der Waals surface area contributed by atoms with Crippen molar-refractivity contribution in [1.29, 1.82) is 0 Å². The van der Waals surface area contributed by atoms with Gasteiger partial charge in [-0.3, -0.25) is 4.40 Å². The van der Waals surface area contributed by atoms with Crippen LogP contribution in [0.4, 0.5) is 0 Å². The van der Waals surface area contributed by atoms with Crippen LogP contribution in [0, 0.1) is 0 Å². The minimum atomic E-state index is 0.678. The molecule has 46 heavy (non-hydrogen) atoms. The number of rotatable bonds is 3. The van der Waals surface area contributed by atoms with Crippen LogP contribution in [0.15, 0.2) is 150 Å². The molecule has 0 saturated heterocycles. The van der Waals surface area contributed by atoms with Gasteiger partial charge in [0.1, 0.15) is 16.8 Å². The van der Waals surface area contributed by atoms with Crippen LogP contribution in [-0.4, -0.2) is 19.4 Å². The van der Waals surface area contributed by atoms with Crippen LogP contribution in [-0.2, 0) is 0 Å². The first-order valence-electron chi connectivity index (χ1n) is 15.4. The van der Waals surface area contributed by atoms with Crippen molar-refractivity contribution in [3.63, 3.8) is 0 Å². The quantitative estimate of drug-likeness (QED) is 0.193. The first-order valence-corrected chi connectivity index (χ1v) is 15.4. The summed E-state index contributed by atoms with van der Waals surface area (Å²) >= 11 is 0. The second-order valence-corrected chi connectivity index (χ2v) is 11.7. The van der Waals surface area contributed by atoms with Gasteiger partial charge in [0.05, 0.1) is 22.4 Å². The molecule has 214 valence electrons. The van der Waals surface area contributed by atoms with Crippen LogP contribution in [0.3, 0.4) is 0 Å². The van der Waals surface area contributed by atoms with Crippen molar-refractivity contribution in [1.82, 2.24) is 19.4 Å². The predicted molar refractivity (Wildman–Crippen MR) is 187 cm³/mol. The number of fused-ring (bicyclic) bond motifs is 11. The normalized spacial score (nSPS) is 11.9. The Hall–Kier alpha value is -6.33. The molecule has 0 amide bonds. The van der Waals surface area contributed by atoms with E-state index in [0.717, 1.165) is 88.2 Å². The number of furan rings is 1. The number of nitrogens with zero attached hydrogens (tertiary/aromatic N) is 4. The highest BCUT2D eigenvalue weighted by Gasteiger charge is 2.17. The fourth-order valence-corrected chi connectivity index (χ4v) is 6.84. The molecule has 0 saturated carbocycles. The van der Waals surface area contributed by atoms with Gasteiger partial charge in [0, 0.05) is 44.4 Å². The molecular formula is C41H24N4O. The molecule has 0 spiro atoms. The second-order valence-electron chi connectivity index (χ2n) is 11.7. The molecule has 0 aliphatic carbocycles. The van der Waals surface area contributed by atoms with Crippen molar-refractivity contribution in [2.45, 2.75) is 0 Å². The third-order valence-corrected chi connectivity index (χ3v) is 9.00. The summed E-state index contributed by atoms with van der Waals surface area (Å²) < 4.78 is 8.30. The lowest BCUT2D eigenvalue weighted by atomic mass is 9.97. The lowest BCUT2D eigenvalue weighted by Gasteiger charge is -2.12. The number of hydrogen-bond acceptors (Lipinski definition) is 4. The molecule has 10 rings (SSSR count). The number of aromatic nitrogens is 4. The minimum absolute atomic E-state index is 0.678. The predicted octanol–water partition coefficient (Wildman–Crippen LogP) is 10.5. The van der Waals surface area contributed by atoms with Crippen LogP contribution in [0.2, 0.25) is 0 Å². The van der Waals surface area contributed by atoms with Gasteiger partial charge >= 0.3 is 0 Å². The van der Waals surface area contributed by atoms with E-state index in [9.17, 15) is 0 Å². The van der Waals surface area contributed by atoms with E-state index < -0.39 is 0 Å². The third kappa shape index (κ3) is 3.72. The Bertz CT molecular complexity index is 2810. The highest BCUT2D eigenvalue weighted by molar-refractivity contribution is 6.24. The molecule has 5 nitrogen and oxygen atoms in total. The minimum Gasteiger partial charge on any atom is -0.456 e. The monoisotopic (exact) mass is 588 g/mol. The fourth-order valence-electron chi connectivity index (χ4n) is 6.84. The van der Waals surface area contributed by atoms with Crippen molar-refractivity contribution >= 4 is 60.2 Å². The summed E-state index contributed by atoms with van der Waals surface area (Å²) in [5, 5.41) is 6.75. The van der Waals surface area contributed by atoms with E-state index in [4.69, 9.17) is 19.4 Å². The van der Waals surface area contributed by atoms with E-state index in [1.54, 1.807) is 0 Å². The van der Waals surface area contributed by atoms with Crippen LogP contribution in [0.1, 0.15) is 0 Å². The van der Waals surface area contributed by atoms with E-state index in [2.05, 4.69) is 102 Å². The molecule has 4 heterocycles. The standard InChI is InChI=1S/C41H24N4O/c1-2-10-25(11-3-1)34-24-35(26-18-20-37-33(22-26)29-13-6-7-15-36(29)46-37)43-41(42-34)27-17-19-31-32(23-27)28-12-4-5-14-30(28)39-40(31)45-21-9-8-16-38(45)44-39/h1-24H. The average Bonchev–Trinajstić information content (AvgIpc) is 3.70. The lowest BCUT2D eigenvalue weighted by molar-refractivity contribution is 0.669. The fraction of sp³-hybridized carbons (Fsp3) is 0. The topological polar surface area (TPSA) is 56.2 Å². The summed E-state index contributed by atoms with van der Waals surface area (Å²) in [5.74, 6) is 0.678. The van der Waals surface area contributed by atoms with E-state index in [1.165, 1.54) is 0 Å². The molecule has 0 unspecified atom stereocenters. The molecule has 0 N–H and O–H groups in total. The average molecular weight is 589 g/mol. The van der Waals surface area contributed by atoms with Gasteiger partial charge in [-0.05, 0) is 59.3 Å². The molecule has 4 aromatic heterocycles. The molecular weight excluding hydrogens is 564 g/mol. The highest BCUT2D eigenvalue weighted by atomic mass is 16.3. The first kappa shape index (κ1) is 25.0. The second kappa shape index (κ2) is 9.58. The molecule has 0 radical (unpaired) electrons. The van der Waals surface area contributed by atoms with E-state index >= 15 is 0 Å². The number of imidazole rings is 1. The van der Waals surface area contributed by atoms with Crippen LogP contribution < -0.4 is 0 Å². The Kier molecular flexibility index (Phi) is 5.22. The highest BCUT2D eigenvalue weighted by Crippen LogP contribution is 2.38. The van der Waals surface area contributed by atoms with E-state index in [1.807, 2.05) is 48.5 Å². The maximum atomic E-state index is 6.12. The number of benzene rings is 6. The third-order valence-electron chi connectivity index (χ3n) is 9.00. The summed E-state index contributed by atoms with van der Waals surface area (Å²) in [5.41, 5.74) is 9.54. The summed E-state index contributed by atoms with van der Waals surface area (Å²) in [4.78, 5) is 15.4. The Morgan fingerprint density at radius 3 is 2.02 bits per heavy atom. The summed E-state index contributed by atoms with van der Waals surface area (Å²) in [7, 11) is 0. The molecule has 10 aromatic rings. The molecule has 6 aromatic carbocycles. The molecule has 5 heteroatoms. The maximum absolute atomic E-state index is 6.12. The molecule has 0 aliphatic heterocycles. The van der Waals surface area contributed by atoms with Gasteiger partial charge in [0.25, 0.3) is 0 Å². The first-order chi connectivity index (χ1) is 22.8. The summed E-state index contributed by atoms with van der Waals surface area (Å²) in [6.45, 7) is 0. The van der Waals surface area contributed by atoms with Gasteiger partial charge < -0.3 is 4.42 Å². The van der Waals surface area contributed by atoms with Gasteiger partial charge in [0.2, 0.25) is 0 Å². The summed E-state index contributed by atoms with van der Waals surface area (Å²) in [6.07, 6.45) is 2.09. The number of para-hydroxylation sites is 1. The van der Waals surface area contributed by atoms with Crippen molar-refractivity contribution in [2.75, 3.05) is 0 Å². The maximum Gasteiger partial charge on any atom is 0.160 e. The van der Waals surface area contributed by atoms with Crippen molar-refractivity contribution in [2.24, 2.45) is 0 Å².